The van der Waals surface area contributed by atoms with Crippen LogP contribution in [0, 0.1) is 0 Å². The van der Waals surface area contributed by atoms with E-state index in [1.165, 1.54) is 7.11 Å². The summed E-state index contributed by atoms with van der Waals surface area (Å²) in [7, 11) is 0.542. The first-order chi connectivity index (χ1) is 9.04. The van der Waals surface area contributed by atoms with Crippen molar-refractivity contribution < 1.29 is 29.1 Å². The summed E-state index contributed by atoms with van der Waals surface area (Å²) in [6.45, 7) is 0. The SMILES string of the molecule is COc1cc(C=NN(C)C)cc(Br)c1O.O=P(O)(O)O. The normalized spacial score (nSPS) is 10.9. The molecule has 0 saturated heterocycles. The molecule has 0 aliphatic carbocycles. The monoisotopic (exact) mass is 370 g/mol. The van der Waals surface area contributed by atoms with Crippen molar-refractivity contribution in [3.05, 3.63) is 22.2 Å². The summed E-state index contributed by atoms with van der Waals surface area (Å²) in [4.78, 5) is 21.6. The first-order valence-electron chi connectivity index (χ1n) is 5.10. The Kier molecular flexibility index (Phi) is 7.77. The third kappa shape index (κ3) is 8.89. The van der Waals surface area contributed by atoms with Crippen LogP contribution in [0.3, 0.4) is 0 Å². The van der Waals surface area contributed by atoms with Gasteiger partial charge in [0.2, 0.25) is 0 Å². The van der Waals surface area contributed by atoms with Crippen LogP contribution in [0.15, 0.2) is 21.7 Å². The van der Waals surface area contributed by atoms with E-state index in [0.29, 0.717) is 10.2 Å². The number of hydrogen-bond donors (Lipinski definition) is 4. The fourth-order valence-electron chi connectivity index (χ4n) is 1.01. The summed E-state index contributed by atoms with van der Waals surface area (Å²) in [6, 6.07) is 3.48. The molecule has 8 nitrogen and oxygen atoms in total. The lowest BCUT2D eigenvalue weighted by Crippen LogP contribution is -2.02. The molecule has 10 heteroatoms. The number of phenols is 1. The highest BCUT2D eigenvalue weighted by atomic mass is 79.9. The van der Waals surface area contributed by atoms with Crippen molar-refractivity contribution in [1.29, 1.82) is 0 Å². The number of methoxy groups -OCH3 is 1. The maximum absolute atomic E-state index is 9.57. The molecule has 0 radical (unpaired) electrons. The van der Waals surface area contributed by atoms with Crippen LogP contribution in [-0.4, -0.2) is 52.2 Å². The Hall–Kier alpha value is -1.12. The second-order valence-electron chi connectivity index (χ2n) is 3.66. The Morgan fingerprint density at radius 2 is 1.85 bits per heavy atom. The number of ether oxygens (including phenoxy) is 1. The standard InChI is InChI=1S/C10H13BrN2O2.H3O4P/c1-13(2)12-6-7-4-8(11)10(14)9(5-7)15-3;1-5(2,3)4/h4-6,14H,1-3H3;(H3,1,2,3,4). The highest BCUT2D eigenvalue weighted by Gasteiger charge is 2.07. The average molecular weight is 371 g/mol. The average Bonchev–Trinajstić information content (AvgIpc) is 2.28. The van der Waals surface area contributed by atoms with Gasteiger partial charge in [0.15, 0.2) is 11.5 Å². The fourth-order valence-corrected chi connectivity index (χ4v) is 1.47. The van der Waals surface area contributed by atoms with Crippen molar-refractivity contribution in [2.45, 2.75) is 0 Å². The van der Waals surface area contributed by atoms with Gasteiger partial charge in [0.1, 0.15) is 0 Å². The van der Waals surface area contributed by atoms with Gasteiger partial charge in [-0.25, -0.2) is 4.57 Å². The predicted molar refractivity (Wildman–Crippen MR) is 77.9 cm³/mol. The molecule has 0 amide bonds. The summed E-state index contributed by atoms with van der Waals surface area (Å²) in [5, 5.41) is 15.4. The highest BCUT2D eigenvalue weighted by Crippen LogP contribution is 2.34. The van der Waals surface area contributed by atoms with Gasteiger partial charge in [-0.1, -0.05) is 0 Å². The fraction of sp³-hybridized carbons (Fsp3) is 0.300. The molecule has 0 bridgehead atoms. The second kappa shape index (κ2) is 8.23. The first kappa shape index (κ1) is 18.9. The molecular weight excluding hydrogens is 355 g/mol. The number of halogens is 1. The van der Waals surface area contributed by atoms with Gasteiger partial charge < -0.3 is 29.5 Å². The van der Waals surface area contributed by atoms with E-state index in [-0.39, 0.29) is 5.75 Å². The molecule has 114 valence electrons. The molecule has 0 aliphatic rings. The summed E-state index contributed by atoms with van der Waals surface area (Å²) in [5.41, 5.74) is 0.852. The molecule has 0 spiro atoms. The minimum atomic E-state index is -4.64. The minimum absolute atomic E-state index is 0.0968. The summed E-state index contributed by atoms with van der Waals surface area (Å²) < 4.78 is 14.5. The van der Waals surface area contributed by atoms with E-state index >= 15 is 0 Å². The quantitative estimate of drug-likeness (QED) is 0.357. The van der Waals surface area contributed by atoms with Crippen molar-refractivity contribution in [1.82, 2.24) is 5.01 Å². The van der Waals surface area contributed by atoms with E-state index in [4.69, 9.17) is 24.0 Å². The van der Waals surface area contributed by atoms with Crippen molar-refractivity contribution in [3.8, 4) is 11.5 Å². The van der Waals surface area contributed by atoms with E-state index in [2.05, 4.69) is 21.0 Å². The number of benzene rings is 1. The highest BCUT2D eigenvalue weighted by molar-refractivity contribution is 9.10. The van der Waals surface area contributed by atoms with Crippen LogP contribution >= 0.6 is 23.8 Å². The van der Waals surface area contributed by atoms with Crippen LogP contribution in [0.2, 0.25) is 0 Å². The number of nitrogens with zero attached hydrogens (tertiary/aromatic N) is 2. The van der Waals surface area contributed by atoms with Crippen LogP contribution in [-0.2, 0) is 4.57 Å². The minimum Gasteiger partial charge on any atom is -0.503 e. The zero-order chi connectivity index (χ0) is 15.9. The van der Waals surface area contributed by atoms with E-state index in [0.717, 1.165) is 5.56 Å². The van der Waals surface area contributed by atoms with Gasteiger partial charge in [0.25, 0.3) is 0 Å². The van der Waals surface area contributed by atoms with E-state index in [1.54, 1.807) is 23.4 Å². The Morgan fingerprint density at radius 1 is 1.35 bits per heavy atom. The van der Waals surface area contributed by atoms with E-state index in [1.807, 2.05) is 14.1 Å². The first-order valence-corrected chi connectivity index (χ1v) is 7.46. The summed E-state index contributed by atoms with van der Waals surface area (Å²) >= 11 is 3.24. The molecule has 1 aromatic carbocycles. The molecule has 20 heavy (non-hydrogen) atoms. The van der Waals surface area contributed by atoms with Gasteiger partial charge in [0.05, 0.1) is 17.8 Å². The lowest BCUT2D eigenvalue weighted by atomic mass is 10.2. The van der Waals surface area contributed by atoms with Gasteiger partial charge in [-0.05, 0) is 33.6 Å². The smallest absolute Gasteiger partial charge is 0.466 e. The van der Waals surface area contributed by atoms with E-state index in [9.17, 15) is 5.11 Å². The molecule has 0 fully saturated rings. The molecule has 0 saturated carbocycles. The van der Waals surface area contributed by atoms with Crippen LogP contribution in [0.4, 0.5) is 0 Å². The zero-order valence-corrected chi connectivity index (χ0v) is 13.5. The topological polar surface area (TPSA) is 123 Å². The zero-order valence-electron chi connectivity index (χ0n) is 11.1. The number of phosphoric acid groups is 1. The number of rotatable bonds is 3. The summed E-state index contributed by atoms with van der Waals surface area (Å²) in [5.74, 6) is 0.518. The molecule has 0 unspecified atom stereocenters. The van der Waals surface area contributed by atoms with Gasteiger partial charge in [-0.3, -0.25) is 0 Å². The second-order valence-corrected chi connectivity index (χ2v) is 5.54. The van der Waals surface area contributed by atoms with Crippen LogP contribution in [0.5, 0.6) is 11.5 Å². The molecule has 0 atom stereocenters. The van der Waals surface area contributed by atoms with E-state index < -0.39 is 7.82 Å². The van der Waals surface area contributed by atoms with Crippen LogP contribution in [0.1, 0.15) is 5.56 Å². The molecule has 4 N–H and O–H groups in total. The van der Waals surface area contributed by atoms with Crippen molar-refractivity contribution >= 4 is 30.0 Å². The summed E-state index contributed by atoms with van der Waals surface area (Å²) in [6.07, 6.45) is 1.69. The maximum Gasteiger partial charge on any atom is 0.466 e. The molecule has 1 rings (SSSR count). The largest absolute Gasteiger partial charge is 0.503 e. The maximum atomic E-state index is 9.57. The Balaban J connectivity index is 0.000000621. The number of phenolic OH excluding ortho intramolecular Hbond substituents is 1. The number of hydrogen-bond acceptors (Lipinski definition) is 5. The lowest BCUT2D eigenvalue weighted by molar-refractivity contribution is 0.275. The van der Waals surface area contributed by atoms with Crippen molar-refractivity contribution in [2.75, 3.05) is 21.2 Å². The third-order valence-corrected chi connectivity index (χ3v) is 2.31. The van der Waals surface area contributed by atoms with Crippen molar-refractivity contribution in [2.24, 2.45) is 5.10 Å². The Labute approximate surface area is 124 Å². The molecule has 0 heterocycles. The molecule has 1 aromatic rings. The predicted octanol–water partition coefficient (Wildman–Crippen LogP) is 1.13. The lowest BCUT2D eigenvalue weighted by Gasteiger charge is -2.07. The van der Waals surface area contributed by atoms with Gasteiger partial charge in [-0.15, -0.1) is 0 Å². The van der Waals surface area contributed by atoms with Crippen LogP contribution in [0.25, 0.3) is 0 Å². The van der Waals surface area contributed by atoms with Crippen molar-refractivity contribution in [3.63, 3.8) is 0 Å². The Bertz CT molecular complexity index is 508. The molecule has 0 aromatic heterocycles. The van der Waals surface area contributed by atoms with Gasteiger partial charge >= 0.3 is 7.82 Å². The molecule has 0 aliphatic heterocycles. The van der Waals surface area contributed by atoms with Crippen LogP contribution < -0.4 is 4.74 Å². The molecular formula is C10H16BrN2O6P. The van der Waals surface area contributed by atoms with Gasteiger partial charge in [-0.2, -0.15) is 5.10 Å². The number of aromatic hydroxyl groups is 1. The Morgan fingerprint density at radius 3 is 2.25 bits per heavy atom. The number of hydrazone groups is 1. The third-order valence-electron chi connectivity index (χ3n) is 1.71. The van der Waals surface area contributed by atoms with Gasteiger partial charge in [0, 0.05) is 14.1 Å².